The highest BCUT2D eigenvalue weighted by Gasteiger charge is 2.20. The SMILES string of the molecule is CCc1nnc(NC(=O)[C@@H](C)Sc2nnnn2-c2ccc(C(C)C)cc2)s1. The third kappa shape index (κ3) is 4.69. The van der Waals surface area contributed by atoms with E-state index < -0.39 is 5.25 Å². The quantitative estimate of drug-likeness (QED) is 0.604. The Kier molecular flexibility index (Phi) is 6.17. The summed E-state index contributed by atoms with van der Waals surface area (Å²) in [6, 6.07) is 8.09. The Balaban J connectivity index is 1.68. The van der Waals surface area contributed by atoms with Gasteiger partial charge < -0.3 is 0 Å². The molecule has 27 heavy (non-hydrogen) atoms. The molecule has 0 radical (unpaired) electrons. The van der Waals surface area contributed by atoms with Crippen molar-refractivity contribution in [2.24, 2.45) is 0 Å². The molecule has 2 heterocycles. The number of benzene rings is 1. The fraction of sp³-hybridized carbons (Fsp3) is 0.412. The lowest BCUT2D eigenvalue weighted by atomic mass is 10.0. The van der Waals surface area contributed by atoms with Gasteiger partial charge in [-0.25, -0.2) is 0 Å². The highest BCUT2D eigenvalue weighted by Crippen LogP contribution is 2.25. The van der Waals surface area contributed by atoms with Gasteiger partial charge in [-0.2, -0.15) is 4.68 Å². The van der Waals surface area contributed by atoms with Crippen LogP contribution in [0.15, 0.2) is 29.4 Å². The normalized spacial score (nSPS) is 12.3. The van der Waals surface area contributed by atoms with Gasteiger partial charge in [-0.1, -0.05) is 56.0 Å². The molecule has 3 aromatic rings. The van der Waals surface area contributed by atoms with E-state index in [1.165, 1.54) is 28.7 Å². The van der Waals surface area contributed by atoms with Crippen LogP contribution in [0.4, 0.5) is 5.13 Å². The highest BCUT2D eigenvalue weighted by molar-refractivity contribution is 8.00. The number of hydrogen-bond acceptors (Lipinski definition) is 8. The number of tetrazole rings is 1. The molecule has 1 amide bonds. The average Bonchev–Trinajstić information content (AvgIpc) is 3.31. The standard InChI is InChI=1S/C17H21N7OS2/c1-5-14-19-20-16(27-14)18-15(25)11(4)26-17-21-22-23-24(17)13-8-6-12(7-9-13)10(2)3/h6-11H,5H2,1-4H3,(H,18,20,25)/t11-/m1/s1. The van der Waals surface area contributed by atoms with E-state index in [4.69, 9.17) is 0 Å². The number of nitrogens with zero attached hydrogens (tertiary/aromatic N) is 6. The Labute approximate surface area is 165 Å². The molecule has 10 heteroatoms. The number of aromatic nitrogens is 6. The van der Waals surface area contributed by atoms with Crippen molar-refractivity contribution in [2.75, 3.05) is 5.32 Å². The van der Waals surface area contributed by atoms with Crippen LogP contribution < -0.4 is 5.32 Å². The minimum atomic E-state index is -0.390. The van der Waals surface area contributed by atoms with E-state index in [0.717, 1.165) is 17.1 Å². The molecule has 8 nitrogen and oxygen atoms in total. The van der Waals surface area contributed by atoms with Crippen molar-refractivity contribution in [3.8, 4) is 5.69 Å². The van der Waals surface area contributed by atoms with Gasteiger partial charge in [-0.05, 0) is 47.4 Å². The minimum Gasteiger partial charge on any atom is -0.300 e. The lowest BCUT2D eigenvalue weighted by Crippen LogP contribution is -2.22. The number of rotatable bonds is 7. The zero-order valence-electron chi connectivity index (χ0n) is 15.6. The number of hydrogen-bond donors (Lipinski definition) is 1. The largest absolute Gasteiger partial charge is 0.300 e. The fourth-order valence-electron chi connectivity index (χ4n) is 2.28. The summed E-state index contributed by atoms with van der Waals surface area (Å²) in [5.41, 5.74) is 2.11. The maximum atomic E-state index is 12.4. The first kappa shape index (κ1) is 19.4. The molecule has 3 rings (SSSR count). The van der Waals surface area contributed by atoms with E-state index in [9.17, 15) is 4.79 Å². The smallest absolute Gasteiger partial charge is 0.239 e. The molecule has 142 valence electrons. The first-order valence-electron chi connectivity index (χ1n) is 8.66. The van der Waals surface area contributed by atoms with Gasteiger partial charge in [0.25, 0.3) is 0 Å². The summed E-state index contributed by atoms with van der Waals surface area (Å²) < 4.78 is 1.64. The molecule has 0 fully saturated rings. The molecule has 0 aliphatic heterocycles. The first-order valence-corrected chi connectivity index (χ1v) is 10.4. The minimum absolute atomic E-state index is 0.163. The average molecular weight is 404 g/mol. The number of thioether (sulfide) groups is 1. The zero-order valence-corrected chi connectivity index (χ0v) is 17.2. The van der Waals surface area contributed by atoms with Crippen LogP contribution >= 0.6 is 23.1 Å². The van der Waals surface area contributed by atoms with E-state index in [0.29, 0.717) is 16.2 Å². The Morgan fingerprint density at radius 1 is 1.19 bits per heavy atom. The molecule has 0 spiro atoms. The van der Waals surface area contributed by atoms with Crippen LogP contribution in [-0.4, -0.2) is 41.6 Å². The van der Waals surface area contributed by atoms with Gasteiger partial charge in [0.1, 0.15) is 5.01 Å². The molecule has 0 saturated heterocycles. The summed E-state index contributed by atoms with van der Waals surface area (Å²) in [7, 11) is 0. The van der Waals surface area contributed by atoms with Crippen LogP contribution in [0.5, 0.6) is 0 Å². The van der Waals surface area contributed by atoms with Gasteiger partial charge in [-0.15, -0.1) is 15.3 Å². The van der Waals surface area contributed by atoms with Crippen molar-refractivity contribution in [1.29, 1.82) is 0 Å². The van der Waals surface area contributed by atoms with Gasteiger partial charge in [0.2, 0.25) is 16.2 Å². The molecular weight excluding hydrogens is 382 g/mol. The Morgan fingerprint density at radius 3 is 2.56 bits per heavy atom. The number of anilines is 1. The Bertz CT molecular complexity index is 904. The van der Waals surface area contributed by atoms with Crippen LogP contribution in [0.2, 0.25) is 0 Å². The predicted octanol–water partition coefficient (Wildman–Crippen LogP) is 3.32. The van der Waals surface area contributed by atoms with Crippen LogP contribution in [0.25, 0.3) is 5.69 Å². The molecule has 0 bridgehead atoms. The van der Waals surface area contributed by atoms with Crippen molar-refractivity contribution < 1.29 is 4.79 Å². The van der Waals surface area contributed by atoms with Crippen LogP contribution in [0, 0.1) is 0 Å². The summed E-state index contributed by atoms with van der Waals surface area (Å²) in [5.74, 6) is 0.294. The second kappa shape index (κ2) is 8.57. The molecule has 1 N–H and O–H groups in total. The van der Waals surface area contributed by atoms with Crippen molar-refractivity contribution in [1.82, 2.24) is 30.4 Å². The van der Waals surface area contributed by atoms with Crippen LogP contribution in [0.3, 0.4) is 0 Å². The van der Waals surface area contributed by atoms with Gasteiger partial charge in [0.15, 0.2) is 0 Å². The molecule has 2 aromatic heterocycles. The predicted molar refractivity (Wildman–Crippen MR) is 106 cm³/mol. The zero-order chi connectivity index (χ0) is 19.4. The van der Waals surface area contributed by atoms with E-state index in [-0.39, 0.29) is 5.91 Å². The third-order valence-electron chi connectivity index (χ3n) is 3.90. The molecule has 0 aliphatic carbocycles. The topological polar surface area (TPSA) is 98.5 Å². The summed E-state index contributed by atoms with van der Waals surface area (Å²) in [6.07, 6.45) is 0.794. The van der Waals surface area contributed by atoms with Crippen LogP contribution in [-0.2, 0) is 11.2 Å². The number of amides is 1. The summed E-state index contributed by atoms with van der Waals surface area (Å²) in [5, 5.41) is 24.2. The van der Waals surface area contributed by atoms with E-state index in [1.54, 1.807) is 4.68 Å². The number of nitrogens with one attached hydrogen (secondary N) is 1. The van der Waals surface area contributed by atoms with Crippen molar-refractivity contribution in [2.45, 2.75) is 50.4 Å². The molecule has 0 saturated carbocycles. The van der Waals surface area contributed by atoms with Gasteiger partial charge >= 0.3 is 0 Å². The number of carbonyl (C=O) groups excluding carboxylic acids is 1. The van der Waals surface area contributed by atoms with Crippen molar-refractivity contribution in [3.05, 3.63) is 34.8 Å². The summed E-state index contributed by atoms with van der Waals surface area (Å²) in [4.78, 5) is 12.4. The van der Waals surface area contributed by atoms with Crippen molar-refractivity contribution >= 4 is 34.1 Å². The Hall–Kier alpha value is -2.33. The highest BCUT2D eigenvalue weighted by atomic mass is 32.2. The van der Waals surface area contributed by atoms with Gasteiger partial charge in [0.05, 0.1) is 10.9 Å². The third-order valence-corrected chi connectivity index (χ3v) is 5.91. The first-order chi connectivity index (χ1) is 13.0. The summed E-state index contributed by atoms with van der Waals surface area (Å²) >= 11 is 2.67. The van der Waals surface area contributed by atoms with Crippen LogP contribution in [0.1, 0.15) is 44.2 Å². The molecule has 0 unspecified atom stereocenters. The number of carbonyl (C=O) groups is 1. The second-order valence-corrected chi connectivity index (χ2v) is 8.59. The van der Waals surface area contributed by atoms with E-state index >= 15 is 0 Å². The Morgan fingerprint density at radius 2 is 1.93 bits per heavy atom. The maximum absolute atomic E-state index is 12.4. The van der Waals surface area contributed by atoms with Gasteiger partial charge in [0, 0.05) is 0 Å². The summed E-state index contributed by atoms with van der Waals surface area (Å²) in [6.45, 7) is 8.10. The molecule has 1 atom stereocenters. The van der Waals surface area contributed by atoms with E-state index in [1.807, 2.05) is 26.0 Å². The molecular formula is C17H21N7OS2. The molecule has 1 aromatic carbocycles. The fourth-order valence-corrected chi connectivity index (χ4v) is 3.77. The molecule has 0 aliphatic rings. The monoisotopic (exact) mass is 403 g/mol. The lowest BCUT2D eigenvalue weighted by molar-refractivity contribution is -0.115. The maximum Gasteiger partial charge on any atom is 0.239 e. The second-order valence-electron chi connectivity index (χ2n) is 6.22. The van der Waals surface area contributed by atoms with E-state index in [2.05, 4.69) is 57.0 Å². The van der Waals surface area contributed by atoms with Gasteiger partial charge in [-0.3, -0.25) is 10.1 Å². The van der Waals surface area contributed by atoms with Crippen molar-refractivity contribution in [3.63, 3.8) is 0 Å². The lowest BCUT2D eigenvalue weighted by Gasteiger charge is -2.11. The number of aryl methyl sites for hydroxylation is 1.